The van der Waals surface area contributed by atoms with Crippen molar-refractivity contribution in [2.45, 2.75) is 148 Å². The standard InChI is InChI=1S/C49H80O15P2/c1-3-5-7-9-11-13-15-17-18-19-20-21-22-23-24-26-28-30-32-34-36-38-49(54)60-40-46(51)42-62-66(57,58)64-44-47(52)43-63-65(55,56)61-41-45(50)39-59-48(53)37-35-33-31-29-27-25-16-14-12-10-8-6-4-2/h5-8,10-14,16-18,20-21,23-25,27,45-47,50-52H,3-4,9,15,19,22,26,28-44H2,1-2H3,(H,55,56)(H,57,58)/b7-5-,8-6+,12-10+,13-11-,16-14-,18-17-,21-20-,24-23-,27-25-. The highest BCUT2D eigenvalue weighted by Gasteiger charge is 2.28. The van der Waals surface area contributed by atoms with Crippen molar-refractivity contribution >= 4 is 27.6 Å². The first kappa shape index (κ1) is 62.7. The first-order valence-electron chi connectivity index (χ1n) is 23.3. The quantitative estimate of drug-likeness (QED) is 0.0126. The third-order valence-corrected chi connectivity index (χ3v) is 10.7. The van der Waals surface area contributed by atoms with Gasteiger partial charge in [-0.3, -0.25) is 27.7 Å². The van der Waals surface area contributed by atoms with Crippen molar-refractivity contribution in [1.82, 2.24) is 0 Å². The molecule has 0 rings (SSSR count). The summed E-state index contributed by atoms with van der Waals surface area (Å²) in [6, 6.07) is 0. The second-order valence-corrected chi connectivity index (χ2v) is 18.0. The van der Waals surface area contributed by atoms with Gasteiger partial charge in [0.05, 0.1) is 26.4 Å². The third-order valence-electron chi connectivity index (χ3n) is 8.82. The van der Waals surface area contributed by atoms with Gasteiger partial charge < -0.3 is 34.6 Å². The van der Waals surface area contributed by atoms with Gasteiger partial charge in [-0.25, -0.2) is 9.13 Å². The Morgan fingerprint density at radius 3 is 1.17 bits per heavy atom. The fourth-order valence-corrected chi connectivity index (χ4v) is 6.84. The molecule has 0 aromatic heterocycles. The van der Waals surface area contributed by atoms with Crippen molar-refractivity contribution in [3.8, 4) is 0 Å². The number of esters is 2. The van der Waals surface area contributed by atoms with Crippen LogP contribution in [-0.4, -0.2) is 95.0 Å². The van der Waals surface area contributed by atoms with E-state index in [1.54, 1.807) is 0 Å². The monoisotopic (exact) mass is 970 g/mol. The maximum atomic E-state index is 12.2. The van der Waals surface area contributed by atoms with Crippen LogP contribution in [0.2, 0.25) is 0 Å². The number of allylic oxidation sites excluding steroid dienone is 18. The zero-order chi connectivity index (χ0) is 48.8. The molecule has 0 radical (unpaired) electrons. The van der Waals surface area contributed by atoms with E-state index in [1.807, 2.05) is 42.5 Å². The minimum atomic E-state index is -4.80. The summed E-state index contributed by atoms with van der Waals surface area (Å²) in [6.45, 7) is 0.0480. The molecule has 0 heterocycles. The third kappa shape index (κ3) is 45.8. The largest absolute Gasteiger partial charge is 0.472 e. The van der Waals surface area contributed by atoms with E-state index in [-0.39, 0.29) is 12.8 Å². The Hall–Kier alpha value is -3.30. The van der Waals surface area contributed by atoms with Gasteiger partial charge in [0.25, 0.3) is 0 Å². The average molecular weight is 971 g/mol. The minimum absolute atomic E-state index is 0.145. The summed E-state index contributed by atoms with van der Waals surface area (Å²) >= 11 is 0. The molecule has 0 aromatic rings. The predicted octanol–water partition coefficient (Wildman–Crippen LogP) is 10.5. The number of carbonyl (C=O) groups excluding carboxylic acids is 2. The van der Waals surface area contributed by atoms with Gasteiger partial charge in [-0.1, -0.05) is 149 Å². The van der Waals surface area contributed by atoms with Crippen molar-refractivity contribution in [3.05, 3.63) is 109 Å². The molecule has 0 aliphatic carbocycles. The van der Waals surface area contributed by atoms with Crippen molar-refractivity contribution in [2.75, 3.05) is 39.6 Å². The van der Waals surface area contributed by atoms with Gasteiger partial charge in [0, 0.05) is 12.8 Å². The summed E-state index contributed by atoms with van der Waals surface area (Å²) in [5, 5.41) is 30.0. The van der Waals surface area contributed by atoms with Crippen LogP contribution in [0.5, 0.6) is 0 Å². The number of phosphoric acid groups is 2. The molecule has 0 spiro atoms. The van der Waals surface area contributed by atoms with E-state index >= 15 is 0 Å². The summed E-state index contributed by atoms with van der Waals surface area (Å²) in [4.78, 5) is 43.7. The maximum absolute atomic E-state index is 12.2. The molecule has 0 bridgehead atoms. The van der Waals surface area contributed by atoms with Gasteiger partial charge in [0.2, 0.25) is 0 Å². The molecular formula is C49H80O15P2. The number of hydrogen-bond acceptors (Lipinski definition) is 13. The van der Waals surface area contributed by atoms with Crippen molar-refractivity contribution < 1.29 is 71.4 Å². The molecule has 15 nitrogen and oxygen atoms in total. The Bertz CT molecular complexity index is 1600. The number of rotatable bonds is 43. The van der Waals surface area contributed by atoms with E-state index in [0.717, 1.165) is 89.9 Å². The molecule has 0 aliphatic heterocycles. The van der Waals surface area contributed by atoms with Crippen LogP contribution in [0.15, 0.2) is 109 Å². The summed E-state index contributed by atoms with van der Waals surface area (Å²) in [7, 11) is -9.60. The Morgan fingerprint density at radius 1 is 0.409 bits per heavy atom. The molecule has 17 heteroatoms. The molecule has 5 atom stereocenters. The Morgan fingerprint density at radius 2 is 0.727 bits per heavy atom. The number of aliphatic hydroxyl groups excluding tert-OH is 3. The average Bonchev–Trinajstić information content (AvgIpc) is 3.29. The van der Waals surface area contributed by atoms with Gasteiger partial charge in [-0.05, 0) is 77.0 Å². The van der Waals surface area contributed by atoms with Gasteiger partial charge >= 0.3 is 27.6 Å². The van der Waals surface area contributed by atoms with Gasteiger partial charge in [0.15, 0.2) is 0 Å². The Kier molecular flexibility index (Phi) is 42.0. The lowest BCUT2D eigenvalue weighted by atomic mass is 10.1. The van der Waals surface area contributed by atoms with Gasteiger partial charge in [-0.15, -0.1) is 0 Å². The molecule has 0 aromatic carbocycles. The summed E-state index contributed by atoms with van der Waals surface area (Å²) in [5.74, 6) is -1.06. The van der Waals surface area contributed by atoms with Crippen LogP contribution in [0.3, 0.4) is 0 Å². The molecule has 66 heavy (non-hydrogen) atoms. The van der Waals surface area contributed by atoms with Crippen LogP contribution < -0.4 is 0 Å². The summed E-state index contributed by atoms with van der Waals surface area (Å²) in [6.07, 6.45) is 48.0. The molecule has 0 saturated carbocycles. The van der Waals surface area contributed by atoms with E-state index in [2.05, 4.69) is 98.8 Å². The van der Waals surface area contributed by atoms with Crippen LogP contribution in [0.25, 0.3) is 0 Å². The van der Waals surface area contributed by atoms with Crippen molar-refractivity contribution in [3.63, 3.8) is 0 Å². The maximum Gasteiger partial charge on any atom is 0.472 e. The molecule has 376 valence electrons. The normalized spacial score (nSPS) is 16.0. The summed E-state index contributed by atoms with van der Waals surface area (Å²) < 4.78 is 52.9. The van der Waals surface area contributed by atoms with Gasteiger partial charge in [-0.2, -0.15) is 0 Å². The number of phosphoric ester groups is 2. The topological polar surface area (TPSA) is 225 Å². The van der Waals surface area contributed by atoms with Crippen LogP contribution in [0.1, 0.15) is 129 Å². The molecule has 5 N–H and O–H groups in total. The first-order chi connectivity index (χ1) is 31.8. The first-order valence-corrected chi connectivity index (χ1v) is 26.3. The fraction of sp³-hybridized carbons (Fsp3) is 0.592. The van der Waals surface area contributed by atoms with Crippen LogP contribution >= 0.6 is 15.6 Å². The highest BCUT2D eigenvalue weighted by Crippen LogP contribution is 2.45. The highest BCUT2D eigenvalue weighted by atomic mass is 31.2. The smallest absolute Gasteiger partial charge is 0.463 e. The number of carbonyl (C=O) groups is 2. The van der Waals surface area contributed by atoms with E-state index in [4.69, 9.17) is 9.47 Å². The lowest BCUT2D eigenvalue weighted by molar-refractivity contribution is -0.148. The van der Waals surface area contributed by atoms with E-state index in [1.165, 1.54) is 0 Å². The fourth-order valence-electron chi connectivity index (χ4n) is 5.25. The minimum Gasteiger partial charge on any atom is -0.463 e. The van der Waals surface area contributed by atoms with E-state index < -0.39 is 85.5 Å². The lowest BCUT2D eigenvalue weighted by Crippen LogP contribution is -2.25. The Labute approximate surface area is 394 Å². The van der Waals surface area contributed by atoms with E-state index in [9.17, 15) is 43.8 Å². The number of hydrogen-bond donors (Lipinski definition) is 5. The zero-order valence-corrected chi connectivity index (χ0v) is 41.1. The second-order valence-electron chi connectivity index (χ2n) is 15.1. The number of ether oxygens (including phenoxy) is 2. The number of aliphatic hydroxyl groups is 3. The zero-order valence-electron chi connectivity index (χ0n) is 39.3. The van der Waals surface area contributed by atoms with Crippen LogP contribution in [-0.2, 0) is 46.3 Å². The predicted molar refractivity (Wildman–Crippen MR) is 260 cm³/mol. The van der Waals surface area contributed by atoms with Gasteiger partial charge in [0.1, 0.15) is 31.5 Å². The summed E-state index contributed by atoms with van der Waals surface area (Å²) in [5.41, 5.74) is 0. The molecule has 0 aliphatic rings. The molecular weight excluding hydrogens is 890 g/mol. The van der Waals surface area contributed by atoms with Crippen LogP contribution in [0.4, 0.5) is 0 Å². The SMILES string of the molecule is CC/C=C\C/C=C\C/C=C\C/C=C\C/C=C\CCCCCCCC(=O)OCC(O)COP(=O)(O)OCC(O)COP(=O)(O)OCC(O)COC(=O)CCCCC\C=C/C=C\C=C\C=C\CC. The Balaban J connectivity index is 3.96. The molecule has 0 fully saturated rings. The molecule has 5 unspecified atom stereocenters. The molecule has 0 amide bonds. The number of unbranched alkanes of at least 4 members (excludes halogenated alkanes) is 8. The lowest BCUT2D eigenvalue weighted by Gasteiger charge is -2.19. The van der Waals surface area contributed by atoms with E-state index in [0.29, 0.717) is 12.8 Å². The molecule has 0 saturated heterocycles. The second kappa shape index (κ2) is 44.2. The van der Waals surface area contributed by atoms with Crippen molar-refractivity contribution in [1.29, 1.82) is 0 Å². The van der Waals surface area contributed by atoms with Crippen LogP contribution in [0, 0.1) is 0 Å². The van der Waals surface area contributed by atoms with Crippen molar-refractivity contribution in [2.24, 2.45) is 0 Å². The highest BCUT2D eigenvalue weighted by molar-refractivity contribution is 7.47.